The van der Waals surface area contributed by atoms with E-state index in [0.29, 0.717) is 18.4 Å². The molecule has 2 atom stereocenters. The van der Waals surface area contributed by atoms with Gasteiger partial charge in [-0.05, 0) is 87.0 Å². The molecule has 1 aromatic carbocycles. The maximum absolute atomic E-state index is 11.4. The van der Waals surface area contributed by atoms with E-state index in [2.05, 4.69) is 13.5 Å². The van der Waals surface area contributed by atoms with Crippen LogP contribution in [0.4, 0.5) is 0 Å². The number of hydrogen-bond donors (Lipinski definition) is 0. The molecule has 1 aromatic rings. The predicted octanol–water partition coefficient (Wildman–Crippen LogP) is 6.87. The molecular formula is C31H44O6. The van der Waals surface area contributed by atoms with Gasteiger partial charge in [0.2, 0.25) is 5.79 Å². The first-order valence-electron chi connectivity index (χ1n) is 14.4. The Morgan fingerprint density at radius 2 is 1.73 bits per heavy atom. The number of benzene rings is 1. The zero-order valence-electron chi connectivity index (χ0n) is 22.8. The van der Waals surface area contributed by atoms with Crippen molar-refractivity contribution in [3.8, 4) is 5.75 Å². The van der Waals surface area contributed by atoms with Crippen LogP contribution in [-0.4, -0.2) is 36.7 Å². The minimum atomic E-state index is -0.570. The lowest BCUT2D eigenvalue weighted by Crippen LogP contribution is -2.63. The van der Waals surface area contributed by atoms with Crippen LogP contribution in [-0.2, 0) is 24.0 Å². The molecule has 2 unspecified atom stereocenters. The highest BCUT2D eigenvalue weighted by Gasteiger charge is 2.61. The number of hydrogen-bond acceptors (Lipinski definition) is 6. The van der Waals surface area contributed by atoms with Gasteiger partial charge in [-0.15, -0.1) is 0 Å². The molecule has 1 saturated heterocycles. The zero-order valence-corrected chi connectivity index (χ0v) is 22.8. The van der Waals surface area contributed by atoms with Crippen LogP contribution in [0.25, 0.3) is 5.57 Å². The Hall–Kier alpha value is -1.89. The van der Waals surface area contributed by atoms with Gasteiger partial charge in [-0.3, -0.25) is 4.79 Å². The van der Waals surface area contributed by atoms with Crippen molar-refractivity contribution in [2.75, 3.05) is 13.2 Å². The number of ether oxygens (including phenoxy) is 3. The minimum absolute atomic E-state index is 0.235. The van der Waals surface area contributed by atoms with E-state index in [-0.39, 0.29) is 18.7 Å². The van der Waals surface area contributed by atoms with Crippen molar-refractivity contribution in [2.45, 2.75) is 102 Å². The van der Waals surface area contributed by atoms with Gasteiger partial charge in [-0.1, -0.05) is 44.9 Å². The highest BCUT2D eigenvalue weighted by atomic mass is 17.2. The number of rotatable bonds is 11. The maximum Gasteiger partial charge on any atom is 0.302 e. The van der Waals surface area contributed by atoms with Crippen molar-refractivity contribution in [2.24, 2.45) is 23.7 Å². The molecular weight excluding hydrogens is 468 g/mol. The summed E-state index contributed by atoms with van der Waals surface area (Å²) < 4.78 is 18.2. The summed E-state index contributed by atoms with van der Waals surface area (Å²) in [6.07, 6.45) is 11.3. The quantitative estimate of drug-likeness (QED) is 0.183. The molecule has 0 radical (unpaired) electrons. The van der Waals surface area contributed by atoms with Gasteiger partial charge in [0.05, 0.1) is 6.61 Å². The Morgan fingerprint density at radius 1 is 1.05 bits per heavy atom. The molecule has 0 aromatic heterocycles. The largest absolute Gasteiger partial charge is 0.484 e. The molecule has 4 aliphatic carbocycles. The van der Waals surface area contributed by atoms with Crippen molar-refractivity contribution < 1.29 is 28.8 Å². The van der Waals surface area contributed by atoms with E-state index in [1.807, 2.05) is 31.2 Å². The second-order valence-electron chi connectivity index (χ2n) is 12.2. The molecule has 6 nitrogen and oxygen atoms in total. The van der Waals surface area contributed by atoms with Gasteiger partial charge in [-0.25, -0.2) is 4.89 Å². The third-order valence-electron chi connectivity index (χ3n) is 9.15. The molecule has 1 heterocycles. The van der Waals surface area contributed by atoms with E-state index in [0.717, 1.165) is 48.0 Å². The average molecular weight is 513 g/mol. The monoisotopic (exact) mass is 512 g/mol. The topological polar surface area (TPSA) is 63.2 Å². The maximum atomic E-state index is 11.4. The third-order valence-corrected chi connectivity index (χ3v) is 9.15. The van der Waals surface area contributed by atoms with Gasteiger partial charge < -0.3 is 14.2 Å². The number of unbranched alkanes of at least 4 members (excludes halogenated alkanes) is 3. The molecule has 0 amide bonds. The fourth-order valence-electron chi connectivity index (χ4n) is 7.30. The van der Waals surface area contributed by atoms with E-state index in [1.54, 1.807) is 0 Å². The molecule has 4 bridgehead atoms. The number of carbonyl (C=O) groups excluding carboxylic acids is 1. The summed E-state index contributed by atoms with van der Waals surface area (Å²) in [4.78, 5) is 23.6. The summed E-state index contributed by atoms with van der Waals surface area (Å²) in [6.45, 7) is 10.6. The summed E-state index contributed by atoms with van der Waals surface area (Å²) in [5, 5.41) is 0. The van der Waals surface area contributed by atoms with Crippen LogP contribution in [0.1, 0.15) is 90.5 Å². The van der Waals surface area contributed by atoms with E-state index in [4.69, 9.17) is 24.0 Å². The van der Waals surface area contributed by atoms with Crippen LogP contribution >= 0.6 is 0 Å². The Kier molecular flexibility index (Phi) is 7.99. The second kappa shape index (κ2) is 11.1. The fourth-order valence-corrected chi connectivity index (χ4v) is 7.30. The van der Waals surface area contributed by atoms with Crippen LogP contribution in [0, 0.1) is 23.7 Å². The average Bonchev–Trinajstić information content (AvgIpc) is 2.89. The van der Waals surface area contributed by atoms with Gasteiger partial charge in [0.15, 0.2) is 0 Å². The molecule has 1 spiro atoms. The molecule has 37 heavy (non-hydrogen) atoms. The number of carbonyl (C=O) groups is 1. The van der Waals surface area contributed by atoms with Crippen molar-refractivity contribution in [3.63, 3.8) is 0 Å². The van der Waals surface area contributed by atoms with Gasteiger partial charge >= 0.3 is 5.97 Å². The molecule has 1 aliphatic heterocycles. The minimum Gasteiger partial charge on any atom is -0.484 e. The third kappa shape index (κ3) is 5.76. The van der Waals surface area contributed by atoms with Gasteiger partial charge in [-0.2, -0.15) is 4.89 Å². The van der Waals surface area contributed by atoms with Crippen LogP contribution in [0.15, 0.2) is 30.8 Å². The molecule has 4 saturated carbocycles. The summed E-state index contributed by atoms with van der Waals surface area (Å²) in [7, 11) is 0. The normalized spacial score (nSPS) is 33.8. The van der Waals surface area contributed by atoms with Crippen molar-refractivity contribution in [1.82, 2.24) is 0 Å². The Bertz CT molecular complexity index is 917. The first-order valence-corrected chi connectivity index (χ1v) is 14.4. The summed E-state index contributed by atoms with van der Waals surface area (Å²) in [5.74, 6) is 2.51. The van der Waals surface area contributed by atoms with Crippen molar-refractivity contribution in [1.29, 1.82) is 0 Å². The van der Waals surface area contributed by atoms with E-state index < -0.39 is 11.4 Å². The number of esters is 1. The van der Waals surface area contributed by atoms with Crippen LogP contribution in [0.2, 0.25) is 0 Å². The van der Waals surface area contributed by atoms with Gasteiger partial charge in [0.1, 0.15) is 24.1 Å². The van der Waals surface area contributed by atoms with Crippen LogP contribution in [0.5, 0.6) is 5.75 Å². The highest BCUT2D eigenvalue weighted by Crippen LogP contribution is 2.60. The molecule has 204 valence electrons. The Morgan fingerprint density at radius 3 is 2.30 bits per heavy atom. The lowest BCUT2D eigenvalue weighted by atomic mass is 9.53. The van der Waals surface area contributed by atoms with Gasteiger partial charge in [0.25, 0.3) is 0 Å². The predicted molar refractivity (Wildman–Crippen MR) is 142 cm³/mol. The summed E-state index contributed by atoms with van der Waals surface area (Å²) in [6, 6.07) is 7.89. The SMILES string of the molecule is C=C(c1ccc(OC(C)(CCCCCC)COC(C)=O)cc1)C1COC2(OO1)C1CC3CC(C1)CC2C3. The molecule has 5 aliphatic rings. The smallest absolute Gasteiger partial charge is 0.302 e. The summed E-state index contributed by atoms with van der Waals surface area (Å²) in [5.41, 5.74) is 1.24. The summed E-state index contributed by atoms with van der Waals surface area (Å²) >= 11 is 0. The lowest BCUT2D eigenvalue weighted by Gasteiger charge is -2.60. The Balaban J connectivity index is 1.17. The zero-order chi connectivity index (χ0) is 26.0. The first kappa shape index (κ1) is 26.7. The van der Waals surface area contributed by atoms with Gasteiger partial charge in [0, 0.05) is 18.8 Å². The van der Waals surface area contributed by atoms with Crippen LogP contribution < -0.4 is 4.74 Å². The molecule has 5 fully saturated rings. The lowest BCUT2D eigenvalue weighted by molar-refractivity contribution is -0.517. The Labute approximate surface area is 222 Å². The van der Waals surface area contributed by atoms with E-state index in [1.165, 1.54) is 51.9 Å². The van der Waals surface area contributed by atoms with E-state index in [9.17, 15) is 4.79 Å². The van der Waals surface area contributed by atoms with Crippen LogP contribution in [0.3, 0.4) is 0 Å². The molecule has 0 N–H and O–H groups in total. The van der Waals surface area contributed by atoms with Crippen molar-refractivity contribution >= 4 is 11.5 Å². The molecule has 6 heteroatoms. The standard InChI is InChI=1S/C31H44O6/c1-5-6-7-8-13-30(4,20-33-22(3)32)35-28-11-9-25(10-12-28)21(2)29-19-34-31(37-36-29)26-15-23-14-24(17-26)18-27(31)16-23/h9-12,23-24,26-27,29H,2,5-8,13-20H2,1,3-4H3. The second-order valence-corrected chi connectivity index (χ2v) is 12.2. The van der Waals surface area contributed by atoms with Crippen molar-refractivity contribution in [3.05, 3.63) is 36.4 Å². The first-order chi connectivity index (χ1) is 17.8. The van der Waals surface area contributed by atoms with E-state index >= 15 is 0 Å². The highest BCUT2D eigenvalue weighted by molar-refractivity contribution is 5.67. The molecule has 6 rings (SSSR count). The fraction of sp³-hybridized carbons (Fsp3) is 0.710.